The van der Waals surface area contributed by atoms with E-state index in [1.54, 1.807) is 0 Å². The monoisotopic (exact) mass is 232 g/mol. The first-order chi connectivity index (χ1) is 8.08. The predicted octanol–water partition coefficient (Wildman–Crippen LogP) is 3.64. The maximum absolute atomic E-state index is 10.3. The summed E-state index contributed by atoms with van der Waals surface area (Å²) in [7, 11) is 0. The van der Waals surface area contributed by atoms with E-state index in [4.69, 9.17) is 0 Å². The Bertz CT molecular complexity index is 383. The normalized spacial score (nSPS) is 26.1. The molecular weight excluding hydrogens is 208 g/mol. The average molecular weight is 232 g/mol. The summed E-state index contributed by atoms with van der Waals surface area (Å²) < 4.78 is 0. The third-order valence-electron chi connectivity index (χ3n) is 4.44. The van der Waals surface area contributed by atoms with Crippen molar-refractivity contribution < 1.29 is 5.11 Å². The summed E-state index contributed by atoms with van der Waals surface area (Å²) in [5.41, 5.74) is 3.94. The van der Waals surface area contributed by atoms with Crippen LogP contribution >= 0.6 is 0 Å². The molecule has 0 heterocycles. The number of rotatable bonds is 3. The Balaban J connectivity index is 2.02. The maximum atomic E-state index is 10.3. The van der Waals surface area contributed by atoms with Gasteiger partial charge in [0.2, 0.25) is 0 Å². The number of hydrogen-bond donors (Lipinski definition) is 1. The smallest absolute Gasteiger partial charge is 0.0611 e. The molecule has 3 atom stereocenters. The van der Waals surface area contributed by atoms with Crippen molar-refractivity contribution in [1.82, 2.24) is 0 Å². The van der Waals surface area contributed by atoms with Crippen LogP contribution in [0.5, 0.6) is 0 Å². The maximum Gasteiger partial charge on any atom is 0.0611 e. The van der Waals surface area contributed by atoms with Crippen molar-refractivity contribution in [3.63, 3.8) is 0 Å². The molecule has 1 N–H and O–H groups in total. The molecule has 17 heavy (non-hydrogen) atoms. The van der Waals surface area contributed by atoms with Gasteiger partial charge in [0.05, 0.1) is 6.10 Å². The van der Waals surface area contributed by atoms with Crippen LogP contribution in [0.25, 0.3) is 0 Å². The molecule has 1 aliphatic rings. The SMILES string of the molecule is Cc1ccc(CC(O)C2CCCC2C)cc1C. The van der Waals surface area contributed by atoms with E-state index in [-0.39, 0.29) is 6.10 Å². The van der Waals surface area contributed by atoms with Crippen LogP contribution in [0, 0.1) is 25.7 Å². The highest BCUT2D eigenvalue weighted by Gasteiger charge is 2.29. The lowest BCUT2D eigenvalue weighted by Crippen LogP contribution is -2.24. The minimum atomic E-state index is -0.158. The number of aliphatic hydroxyl groups is 1. The van der Waals surface area contributed by atoms with Crippen LogP contribution in [0.15, 0.2) is 18.2 Å². The molecule has 1 heteroatoms. The van der Waals surface area contributed by atoms with Crippen LogP contribution in [-0.2, 0) is 6.42 Å². The standard InChI is InChI=1S/C16H24O/c1-11-7-8-14(9-13(11)3)10-16(17)15-6-4-5-12(15)2/h7-9,12,15-17H,4-6,10H2,1-3H3. The van der Waals surface area contributed by atoms with Gasteiger partial charge in [-0.15, -0.1) is 0 Å². The zero-order chi connectivity index (χ0) is 12.4. The molecule has 2 rings (SSSR count). The van der Waals surface area contributed by atoms with Gasteiger partial charge >= 0.3 is 0 Å². The van der Waals surface area contributed by atoms with Gasteiger partial charge < -0.3 is 5.11 Å². The zero-order valence-electron chi connectivity index (χ0n) is 11.2. The van der Waals surface area contributed by atoms with Crippen LogP contribution in [0.4, 0.5) is 0 Å². The molecule has 0 saturated heterocycles. The van der Waals surface area contributed by atoms with Crippen molar-refractivity contribution in [2.45, 2.75) is 52.6 Å². The Kier molecular flexibility index (Phi) is 3.88. The second-order valence-electron chi connectivity index (χ2n) is 5.76. The Labute approximate surface area is 105 Å². The molecule has 1 nitrogen and oxygen atoms in total. The van der Waals surface area contributed by atoms with E-state index in [1.807, 2.05) is 0 Å². The first-order valence-electron chi connectivity index (χ1n) is 6.82. The molecule has 0 bridgehead atoms. The first kappa shape index (κ1) is 12.6. The van der Waals surface area contributed by atoms with Gasteiger partial charge in [-0.25, -0.2) is 0 Å². The van der Waals surface area contributed by atoms with Crippen LogP contribution in [0.3, 0.4) is 0 Å². The van der Waals surface area contributed by atoms with Gasteiger partial charge in [0.15, 0.2) is 0 Å². The van der Waals surface area contributed by atoms with Gasteiger partial charge in [-0.1, -0.05) is 38.0 Å². The van der Waals surface area contributed by atoms with Crippen LogP contribution in [0.2, 0.25) is 0 Å². The van der Waals surface area contributed by atoms with Crippen molar-refractivity contribution in [3.05, 3.63) is 34.9 Å². The molecule has 94 valence electrons. The lowest BCUT2D eigenvalue weighted by atomic mass is 9.88. The molecule has 1 aliphatic carbocycles. The summed E-state index contributed by atoms with van der Waals surface area (Å²) in [4.78, 5) is 0. The fourth-order valence-electron chi connectivity index (χ4n) is 3.07. The quantitative estimate of drug-likeness (QED) is 0.843. The third-order valence-corrected chi connectivity index (χ3v) is 4.44. The summed E-state index contributed by atoms with van der Waals surface area (Å²) in [5, 5.41) is 10.3. The molecular formula is C16H24O. The molecule has 0 amide bonds. The Hall–Kier alpha value is -0.820. The fraction of sp³-hybridized carbons (Fsp3) is 0.625. The van der Waals surface area contributed by atoms with Crippen LogP contribution < -0.4 is 0 Å². The number of benzene rings is 1. The predicted molar refractivity (Wildman–Crippen MR) is 72.1 cm³/mol. The second-order valence-corrected chi connectivity index (χ2v) is 5.76. The van der Waals surface area contributed by atoms with Crippen molar-refractivity contribution in [1.29, 1.82) is 0 Å². The van der Waals surface area contributed by atoms with E-state index in [0.717, 1.165) is 6.42 Å². The molecule has 0 radical (unpaired) electrons. The van der Waals surface area contributed by atoms with Crippen LogP contribution in [0.1, 0.15) is 42.9 Å². The van der Waals surface area contributed by atoms with Crippen molar-refractivity contribution in [2.24, 2.45) is 11.8 Å². The van der Waals surface area contributed by atoms with Crippen molar-refractivity contribution in [2.75, 3.05) is 0 Å². The number of aliphatic hydroxyl groups excluding tert-OH is 1. The Morgan fingerprint density at radius 2 is 2.00 bits per heavy atom. The lowest BCUT2D eigenvalue weighted by molar-refractivity contribution is 0.0901. The molecule has 0 spiro atoms. The minimum Gasteiger partial charge on any atom is -0.392 e. The summed E-state index contributed by atoms with van der Waals surface area (Å²) >= 11 is 0. The second kappa shape index (κ2) is 5.22. The van der Waals surface area contributed by atoms with Gasteiger partial charge in [-0.05, 0) is 55.2 Å². The Morgan fingerprint density at radius 1 is 1.24 bits per heavy atom. The summed E-state index contributed by atoms with van der Waals surface area (Å²) in [6.45, 7) is 6.55. The molecule has 1 aromatic carbocycles. The minimum absolute atomic E-state index is 0.158. The molecule has 0 aromatic heterocycles. The average Bonchev–Trinajstić information content (AvgIpc) is 2.70. The van der Waals surface area contributed by atoms with E-state index in [1.165, 1.54) is 36.0 Å². The van der Waals surface area contributed by atoms with Gasteiger partial charge in [-0.2, -0.15) is 0 Å². The largest absolute Gasteiger partial charge is 0.392 e. The zero-order valence-corrected chi connectivity index (χ0v) is 11.2. The fourth-order valence-corrected chi connectivity index (χ4v) is 3.07. The summed E-state index contributed by atoms with van der Waals surface area (Å²) in [6.07, 6.45) is 4.43. The van der Waals surface area contributed by atoms with Crippen molar-refractivity contribution >= 4 is 0 Å². The van der Waals surface area contributed by atoms with E-state index in [0.29, 0.717) is 11.8 Å². The van der Waals surface area contributed by atoms with Crippen LogP contribution in [-0.4, -0.2) is 11.2 Å². The Morgan fingerprint density at radius 3 is 2.59 bits per heavy atom. The highest BCUT2D eigenvalue weighted by atomic mass is 16.3. The third kappa shape index (κ3) is 2.90. The van der Waals surface area contributed by atoms with E-state index in [2.05, 4.69) is 39.0 Å². The molecule has 1 fully saturated rings. The molecule has 0 aliphatic heterocycles. The highest BCUT2D eigenvalue weighted by molar-refractivity contribution is 5.30. The van der Waals surface area contributed by atoms with E-state index < -0.39 is 0 Å². The summed E-state index contributed by atoms with van der Waals surface area (Å²) in [6, 6.07) is 6.54. The first-order valence-corrected chi connectivity index (χ1v) is 6.82. The molecule has 1 aromatic rings. The summed E-state index contributed by atoms with van der Waals surface area (Å²) in [5.74, 6) is 1.20. The number of hydrogen-bond acceptors (Lipinski definition) is 1. The molecule has 3 unspecified atom stereocenters. The van der Waals surface area contributed by atoms with Gasteiger partial charge in [0, 0.05) is 0 Å². The van der Waals surface area contributed by atoms with Gasteiger partial charge in [0.1, 0.15) is 0 Å². The highest BCUT2D eigenvalue weighted by Crippen LogP contribution is 2.34. The lowest BCUT2D eigenvalue weighted by Gasteiger charge is -2.22. The van der Waals surface area contributed by atoms with E-state index >= 15 is 0 Å². The van der Waals surface area contributed by atoms with Gasteiger partial charge in [0.25, 0.3) is 0 Å². The molecule has 1 saturated carbocycles. The van der Waals surface area contributed by atoms with Gasteiger partial charge in [-0.3, -0.25) is 0 Å². The topological polar surface area (TPSA) is 20.2 Å². The van der Waals surface area contributed by atoms with E-state index in [9.17, 15) is 5.11 Å². The number of aryl methyl sites for hydroxylation is 2. The van der Waals surface area contributed by atoms with Crippen molar-refractivity contribution in [3.8, 4) is 0 Å².